The van der Waals surface area contributed by atoms with Gasteiger partial charge in [0.25, 0.3) is 0 Å². The Morgan fingerprint density at radius 3 is 2.52 bits per heavy atom. The van der Waals surface area contributed by atoms with Crippen LogP contribution in [-0.2, 0) is 4.79 Å². The van der Waals surface area contributed by atoms with Crippen LogP contribution >= 0.6 is 0 Å². The third-order valence-corrected chi connectivity index (χ3v) is 4.58. The largest absolute Gasteiger partial charge is 0.401 e. The van der Waals surface area contributed by atoms with E-state index in [0.717, 1.165) is 19.3 Å². The summed E-state index contributed by atoms with van der Waals surface area (Å²) in [7, 11) is 0. The molecule has 122 valence electrons. The zero-order chi connectivity index (χ0) is 15.5. The summed E-state index contributed by atoms with van der Waals surface area (Å²) in [6.07, 6.45) is -0.701. The Balaban J connectivity index is 1.89. The lowest BCUT2D eigenvalue weighted by molar-refractivity contribution is -0.145. The lowest BCUT2D eigenvalue weighted by Gasteiger charge is -2.27. The molecule has 0 aromatic heterocycles. The first-order valence-electron chi connectivity index (χ1n) is 7.68. The second-order valence-corrected chi connectivity index (χ2v) is 6.10. The second kappa shape index (κ2) is 6.96. The van der Waals surface area contributed by atoms with Crippen LogP contribution in [-0.4, -0.2) is 61.2 Å². The van der Waals surface area contributed by atoms with Crippen LogP contribution in [0.5, 0.6) is 0 Å². The molecule has 2 atom stereocenters. The molecule has 1 amide bonds. The molecule has 0 aromatic carbocycles. The van der Waals surface area contributed by atoms with Crippen LogP contribution in [0.25, 0.3) is 0 Å². The molecular weight excluding hydrogens is 283 g/mol. The van der Waals surface area contributed by atoms with Gasteiger partial charge in [-0.1, -0.05) is 6.42 Å². The average molecular weight is 307 g/mol. The van der Waals surface area contributed by atoms with Gasteiger partial charge in [-0.05, 0) is 31.7 Å². The Morgan fingerprint density at radius 2 is 1.86 bits per heavy atom. The Labute approximate surface area is 123 Å². The molecule has 2 N–H and O–H groups in total. The Bertz CT molecular complexity index is 362. The van der Waals surface area contributed by atoms with Gasteiger partial charge < -0.3 is 10.6 Å². The Morgan fingerprint density at radius 1 is 1.10 bits per heavy atom. The summed E-state index contributed by atoms with van der Waals surface area (Å²) in [5.74, 6) is 0.313. The molecule has 21 heavy (non-hydrogen) atoms. The van der Waals surface area contributed by atoms with E-state index in [4.69, 9.17) is 5.73 Å². The van der Waals surface area contributed by atoms with Crippen LogP contribution < -0.4 is 5.73 Å². The predicted molar refractivity (Wildman–Crippen MR) is 73.6 cm³/mol. The number of halogens is 3. The van der Waals surface area contributed by atoms with Crippen molar-refractivity contribution in [1.29, 1.82) is 0 Å². The van der Waals surface area contributed by atoms with Gasteiger partial charge in [0.2, 0.25) is 5.91 Å². The molecule has 0 aromatic rings. The Kier molecular flexibility index (Phi) is 5.48. The molecule has 1 saturated heterocycles. The van der Waals surface area contributed by atoms with Gasteiger partial charge >= 0.3 is 6.18 Å². The lowest BCUT2D eigenvalue weighted by atomic mass is 9.94. The van der Waals surface area contributed by atoms with Crippen LogP contribution in [0.1, 0.15) is 25.7 Å². The van der Waals surface area contributed by atoms with E-state index in [1.54, 1.807) is 4.90 Å². The van der Waals surface area contributed by atoms with Crippen molar-refractivity contribution in [2.75, 3.05) is 39.3 Å². The summed E-state index contributed by atoms with van der Waals surface area (Å²) in [5, 5.41) is 0. The molecule has 0 radical (unpaired) electrons. The first kappa shape index (κ1) is 16.5. The third-order valence-electron chi connectivity index (χ3n) is 4.58. The molecule has 1 saturated carbocycles. The first-order valence-corrected chi connectivity index (χ1v) is 7.68. The molecule has 4 nitrogen and oxygen atoms in total. The van der Waals surface area contributed by atoms with Crippen LogP contribution in [0.2, 0.25) is 0 Å². The van der Waals surface area contributed by atoms with Crippen molar-refractivity contribution in [2.45, 2.75) is 31.9 Å². The minimum atomic E-state index is -4.17. The van der Waals surface area contributed by atoms with Crippen molar-refractivity contribution >= 4 is 5.91 Å². The van der Waals surface area contributed by atoms with E-state index < -0.39 is 12.7 Å². The highest BCUT2D eigenvalue weighted by molar-refractivity contribution is 5.79. The summed E-state index contributed by atoms with van der Waals surface area (Å²) >= 11 is 0. The quantitative estimate of drug-likeness (QED) is 0.859. The van der Waals surface area contributed by atoms with Gasteiger partial charge in [-0.2, -0.15) is 13.2 Å². The molecule has 7 heteroatoms. The third kappa shape index (κ3) is 4.57. The number of amides is 1. The van der Waals surface area contributed by atoms with Crippen molar-refractivity contribution in [3.05, 3.63) is 0 Å². The molecule has 0 spiro atoms. The number of nitrogens with zero attached hydrogens (tertiary/aromatic N) is 2. The van der Waals surface area contributed by atoms with Crippen molar-refractivity contribution in [3.63, 3.8) is 0 Å². The molecule has 1 aliphatic heterocycles. The van der Waals surface area contributed by atoms with E-state index in [0.29, 0.717) is 39.1 Å². The van der Waals surface area contributed by atoms with Crippen molar-refractivity contribution < 1.29 is 18.0 Å². The van der Waals surface area contributed by atoms with E-state index in [1.807, 2.05) is 0 Å². The van der Waals surface area contributed by atoms with Gasteiger partial charge in [0, 0.05) is 32.1 Å². The number of alkyl halides is 3. The number of nitrogens with two attached hydrogens (primary N) is 1. The van der Waals surface area contributed by atoms with Gasteiger partial charge in [0.1, 0.15) is 0 Å². The van der Waals surface area contributed by atoms with Crippen LogP contribution in [0.4, 0.5) is 13.2 Å². The van der Waals surface area contributed by atoms with Gasteiger partial charge in [0.15, 0.2) is 0 Å². The monoisotopic (exact) mass is 307 g/mol. The van der Waals surface area contributed by atoms with Crippen molar-refractivity contribution in [2.24, 2.45) is 17.6 Å². The summed E-state index contributed by atoms with van der Waals surface area (Å²) < 4.78 is 37.3. The van der Waals surface area contributed by atoms with E-state index in [1.165, 1.54) is 4.90 Å². The van der Waals surface area contributed by atoms with Crippen LogP contribution in [0.15, 0.2) is 0 Å². The number of carbonyl (C=O) groups excluding carboxylic acids is 1. The maximum Gasteiger partial charge on any atom is 0.401 e. The predicted octanol–water partition coefficient (Wildman–Crippen LogP) is 1.46. The summed E-state index contributed by atoms with van der Waals surface area (Å²) in [6.45, 7) is 1.28. The average Bonchev–Trinajstić information content (AvgIpc) is 2.77. The molecule has 0 bridgehead atoms. The SMILES string of the molecule is NC[C@H]1CCC[C@H]1C(=O)N1CCCN(CC(F)(F)F)CC1. The number of carbonyl (C=O) groups is 1. The normalized spacial score (nSPS) is 28.7. The molecular formula is C14H24F3N3O. The maximum absolute atomic E-state index is 12.5. The highest BCUT2D eigenvalue weighted by atomic mass is 19.4. The lowest BCUT2D eigenvalue weighted by Crippen LogP contribution is -2.42. The fourth-order valence-corrected chi connectivity index (χ4v) is 3.48. The summed E-state index contributed by atoms with van der Waals surface area (Å²) in [4.78, 5) is 15.7. The van der Waals surface area contributed by atoms with E-state index >= 15 is 0 Å². The number of rotatable bonds is 3. The topological polar surface area (TPSA) is 49.6 Å². The minimum Gasteiger partial charge on any atom is -0.341 e. The standard InChI is InChI=1S/C14H24F3N3O/c15-14(16,17)10-19-5-2-6-20(8-7-19)13(21)12-4-1-3-11(12)9-18/h11-12H,1-10,18H2/t11-,12-/m1/s1. The molecule has 2 fully saturated rings. The number of hydrogen-bond acceptors (Lipinski definition) is 3. The highest BCUT2D eigenvalue weighted by Gasteiger charge is 2.36. The second-order valence-electron chi connectivity index (χ2n) is 6.10. The summed E-state index contributed by atoms with van der Waals surface area (Å²) in [6, 6.07) is 0. The van der Waals surface area contributed by atoms with Crippen LogP contribution in [0.3, 0.4) is 0 Å². The molecule has 1 heterocycles. The van der Waals surface area contributed by atoms with Gasteiger partial charge in [-0.15, -0.1) is 0 Å². The zero-order valence-electron chi connectivity index (χ0n) is 12.2. The molecule has 0 unspecified atom stereocenters. The molecule has 1 aliphatic carbocycles. The highest BCUT2D eigenvalue weighted by Crippen LogP contribution is 2.32. The fraction of sp³-hybridized carbons (Fsp3) is 0.929. The van der Waals surface area contributed by atoms with Gasteiger partial charge in [-0.3, -0.25) is 9.69 Å². The zero-order valence-corrected chi connectivity index (χ0v) is 12.2. The Hall–Kier alpha value is -0.820. The smallest absolute Gasteiger partial charge is 0.341 e. The first-order chi connectivity index (χ1) is 9.90. The van der Waals surface area contributed by atoms with E-state index in [2.05, 4.69) is 0 Å². The molecule has 2 rings (SSSR count). The maximum atomic E-state index is 12.5. The fourth-order valence-electron chi connectivity index (χ4n) is 3.48. The van der Waals surface area contributed by atoms with Crippen molar-refractivity contribution in [3.8, 4) is 0 Å². The van der Waals surface area contributed by atoms with E-state index in [-0.39, 0.29) is 17.7 Å². The van der Waals surface area contributed by atoms with Crippen LogP contribution in [0, 0.1) is 11.8 Å². The minimum absolute atomic E-state index is 0.0239. The molecule has 2 aliphatic rings. The van der Waals surface area contributed by atoms with Gasteiger partial charge in [0.05, 0.1) is 6.54 Å². The number of hydrogen-bond donors (Lipinski definition) is 1. The van der Waals surface area contributed by atoms with E-state index in [9.17, 15) is 18.0 Å². The van der Waals surface area contributed by atoms with Crippen molar-refractivity contribution in [1.82, 2.24) is 9.80 Å². The summed E-state index contributed by atoms with van der Waals surface area (Å²) in [5.41, 5.74) is 5.71. The van der Waals surface area contributed by atoms with Gasteiger partial charge in [-0.25, -0.2) is 0 Å².